The molecule has 0 bridgehead atoms. The van der Waals surface area contributed by atoms with Crippen LogP contribution in [0.4, 0.5) is 0 Å². The summed E-state index contributed by atoms with van der Waals surface area (Å²) in [5.41, 5.74) is 6.79. The summed E-state index contributed by atoms with van der Waals surface area (Å²) in [6.45, 7) is 2.92. The van der Waals surface area contributed by atoms with Crippen LogP contribution >= 0.6 is 0 Å². The molecule has 0 saturated carbocycles. The summed E-state index contributed by atoms with van der Waals surface area (Å²) in [6, 6.07) is 21.2. The molecule has 2 heterocycles. The standard InChI is InChI=1S/C23H23N5/c1-17(22-12-13-24-16-25-22)28(2)15-21-14-26-27-23(21)20-10-8-19(9-11-20)18-6-4-3-5-7-18/h3-14,16-17H,15H2,1-2H3,(H,26,27)/t17-/m1/s1. The molecule has 4 rings (SSSR count). The van der Waals surface area contributed by atoms with Crippen molar-refractivity contribution < 1.29 is 0 Å². The van der Waals surface area contributed by atoms with E-state index in [9.17, 15) is 0 Å². The van der Waals surface area contributed by atoms with Crippen LogP contribution in [0, 0.1) is 0 Å². The average Bonchev–Trinajstić information content (AvgIpc) is 3.22. The monoisotopic (exact) mass is 369 g/mol. The number of aromatic amines is 1. The maximum absolute atomic E-state index is 4.37. The third-order valence-electron chi connectivity index (χ3n) is 5.11. The Balaban J connectivity index is 1.53. The van der Waals surface area contributed by atoms with Crippen LogP contribution in [0.1, 0.15) is 24.2 Å². The van der Waals surface area contributed by atoms with Gasteiger partial charge in [-0.2, -0.15) is 5.10 Å². The van der Waals surface area contributed by atoms with E-state index < -0.39 is 0 Å². The summed E-state index contributed by atoms with van der Waals surface area (Å²) in [4.78, 5) is 10.6. The van der Waals surface area contributed by atoms with Crippen molar-refractivity contribution in [1.29, 1.82) is 0 Å². The van der Waals surface area contributed by atoms with Crippen LogP contribution in [0.25, 0.3) is 22.4 Å². The molecule has 0 saturated heterocycles. The smallest absolute Gasteiger partial charge is 0.115 e. The molecule has 0 aliphatic rings. The summed E-state index contributed by atoms with van der Waals surface area (Å²) >= 11 is 0. The van der Waals surface area contributed by atoms with Gasteiger partial charge in [-0.15, -0.1) is 0 Å². The van der Waals surface area contributed by atoms with Crippen molar-refractivity contribution in [1.82, 2.24) is 25.1 Å². The molecule has 0 radical (unpaired) electrons. The van der Waals surface area contributed by atoms with Crippen LogP contribution in [-0.2, 0) is 6.54 Å². The van der Waals surface area contributed by atoms with Crippen molar-refractivity contribution in [2.75, 3.05) is 7.05 Å². The Morgan fingerprint density at radius 2 is 1.64 bits per heavy atom. The molecule has 0 unspecified atom stereocenters. The fraction of sp³-hybridized carbons (Fsp3) is 0.174. The number of aromatic nitrogens is 4. The van der Waals surface area contributed by atoms with Crippen molar-refractivity contribution in [3.05, 3.63) is 90.6 Å². The first-order valence-corrected chi connectivity index (χ1v) is 9.36. The lowest BCUT2D eigenvalue weighted by molar-refractivity contribution is 0.249. The minimum Gasteiger partial charge on any atom is -0.294 e. The zero-order chi connectivity index (χ0) is 19.3. The van der Waals surface area contributed by atoms with Gasteiger partial charge in [0, 0.05) is 24.3 Å². The molecule has 1 N–H and O–H groups in total. The Labute approximate surface area is 165 Å². The number of hydrogen-bond donors (Lipinski definition) is 1. The van der Waals surface area contributed by atoms with Gasteiger partial charge in [-0.1, -0.05) is 54.6 Å². The molecule has 0 aliphatic heterocycles. The minimum absolute atomic E-state index is 0.186. The van der Waals surface area contributed by atoms with E-state index in [1.54, 1.807) is 12.5 Å². The highest BCUT2D eigenvalue weighted by molar-refractivity contribution is 5.69. The molecule has 2 aromatic carbocycles. The van der Waals surface area contributed by atoms with Gasteiger partial charge in [0.15, 0.2) is 0 Å². The number of hydrogen-bond acceptors (Lipinski definition) is 4. The van der Waals surface area contributed by atoms with Gasteiger partial charge in [0.05, 0.1) is 17.6 Å². The summed E-state index contributed by atoms with van der Waals surface area (Å²) in [6.07, 6.45) is 5.28. The summed E-state index contributed by atoms with van der Waals surface area (Å²) < 4.78 is 0. The normalized spacial score (nSPS) is 12.2. The summed E-state index contributed by atoms with van der Waals surface area (Å²) in [5.74, 6) is 0. The fourth-order valence-electron chi connectivity index (χ4n) is 3.32. The average molecular weight is 369 g/mol. The van der Waals surface area contributed by atoms with Gasteiger partial charge in [-0.05, 0) is 36.7 Å². The maximum Gasteiger partial charge on any atom is 0.115 e. The lowest BCUT2D eigenvalue weighted by Gasteiger charge is -2.24. The first-order valence-electron chi connectivity index (χ1n) is 9.36. The molecule has 1 atom stereocenters. The first kappa shape index (κ1) is 18.1. The van der Waals surface area contributed by atoms with Crippen LogP contribution in [0.2, 0.25) is 0 Å². The third-order valence-corrected chi connectivity index (χ3v) is 5.11. The number of rotatable bonds is 6. The van der Waals surface area contributed by atoms with Gasteiger partial charge < -0.3 is 0 Å². The zero-order valence-electron chi connectivity index (χ0n) is 16.1. The Kier molecular flexibility index (Phi) is 5.26. The van der Waals surface area contributed by atoms with E-state index in [0.29, 0.717) is 0 Å². The lowest BCUT2D eigenvalue weighted by atomic mass is 10.0. The SMILES string of the molecule is C[C@H](c1ccncn1)N(C)Cc1cn[nH]c1-c1ccc(-c2ccccc2)cc1. The van der Waals surface area contributed by atoms with Gasteiger partial charge in [0.2, 0.25) is 0 Å². The largest absolute Gasteiger partial charge is 0.294 e. The molecular weight excluding hydrogens is 346 g/mol. The molecule has 5 nitrogen and oxygen atoms in total. The van der Waals surface area contributed by atoms with Gasteiger partial charge >= 0.3 is 0 Å². The zero-order valence-corrected chi connectivity index (χ0v) is 16.1. The highest BCUT2D eigenvalue weighted by Crippen LogP contribution is 2.27. The van der Waals surface area contributed by atoms with Crippen molar-refractivity contribution in [2.24, 2.45) is 0 Å². The van der Waals surface area contributed by atoms with Crippen LogP contribution in [0.15, 0.2) is 79.4 Å². The minimum atomic E-state index is 0.186. The molecule has 0 spiro atoms. The maximum atomic E-state index is 4.37. The summed E-state index contributed by atoms with van der Waals surface area (Å²) in [5, 5.41) is 7.45. The van der Waals surface area contributed by atoms with E-state index in [4.69, 9.17) is 0 Å². The first-order chi connectivity index (χ1) is 13.7. The van der Waals surface area contributed by atoms with E-state index in [-0.39, 0.29) is 6.04 Å². The van der Waals surface area contributed by atoms with Gasteiger partial charge in [0.25, 0.3) is 0 Å². The number of nitrogens with zero attached hydrogens (tertiary/aromatic N) is 4. The number of H-pyrrole nitrogens is 1. The summed E-state index contributed by atoms with van der Waals surface area (Å²) in [7, 11) is 2.10. The van der Waals surface area contributed by atoms with Crippen LogP contribution in [-0.4, -0.2) is 32.1 Å². The topological polar surface area (TPSA) is 57.7 Å². The van der Waals surface area contributed by atoms with Gasteiger partial charge in [-0.3, -0.25) is 10.00 Å². The molecule has 0 amide bonds. The quantitative estimate of drug-likeness (QED) is 0.534. The molecule has 140 valence electrons. The Bertz CT molecular complexity index is 1010. The molecular formula is C23H23N5. The molecule has 5 heteroatoms. The Morgan fingerprint density at radius 3 is 2.36 bits per heavy atom. The molecule has 0 fully saturated rings. The van der Waals surface area contributed by atoms with Gasteiger partial charge in [0.1, 0.15) is 6.33 Å². The molecule has 0 aliphatic carbocycles. The highest BCUT2D eigenvalue weighted by atomic mass is 15.2. The Morgan fingerprint density at radius 1 is 0.929 bits per heavy atom. The van der Waals surface area contributed by atoms with E-state index in [2.05, 4.69) is 87.6 Å². The lowest BCUT2D eigenvalue weighted by Crippen LogP contribution is -2.22. The van der Waals surface area contributed by atoms with E-state index >= 15 is 0 Å². The van der Waals surface area contributed by atoms with Crippen LogP contribution < -0.4 is 0 Å². The molecule has 2 aromatic heterocycles. The molecule has 4 aromatic rings. The van der Waals surface area contributed by atoms with Crippen molar-refractivity contribution >= 4 is 0 Å². The predicted molar refractivity (Wildman–Crippen MR) is 111 cm³/mol. The van der Waals surface area contributed by atoms with Crippen molar-refractivity contribution in [3.63, 3.8) is 0 Å². The second kappa shape index (κ2) is 8.15. The predicted octanol–water partition coefficient (Wildman–Crippen LogP) is 4.73. The highest BCUT2D eigenvalue weighted by Gasteiger charge is 2.16. The van der Waals surface area contributed by atoms with Crippen molar-refractivity contribution in [2.45, 2.75) is 19.5 Å². The van der Waals surface area contributed by atoms with E-state index in [1.165, 1.54) is 11.1 Å². The molecule has 28 heavy (non-hydrogen) atoms. The van der Waals surface area contributed by atoms with Gasteiger partial charge in [-0.25, -0.2) is 9.97 Å². The second-order valence-electron chi connectivity index (χ2n) is 6.94. The van der Waals surface area contributed by atoms with Crippen molar-refractivity contribution in [3.8, 4) is 22.4 Å². The van der Waals surface area contributed by atoms with E-state index in [0.717, 1.165) is 29.1 Å². The van der Waals surface area contributed by atoms with E-state index in [1.807, 2.05) is 18.3 Å². The second-order valence-corrected chi connectivity index (χ2v) is 6.94. The van der Waals surface area contributed by atoms with Crippen LogP contribution in [0.3, 0.4) is 0 Å². The Hall–Kier alpha value is -3.31. The number of nitrogens with one attached hydrogen (secondary N) is 1. The fourth-order valence-corrected chi connectivity index (χ4v) is 3.32. The third kappa shape index (κ3) is 3.85. The number of benzene rings is 2. The van der Waals surface area contributed by atoms with Crippen LogP contribution in [0.5, 0.6) is 0 Å².